The molecule has 0 aliphatic carbocycles. The average molecular weight is 765 g/mol. The molecular formula is C42H52O13. The van der Waals surface area contributed by atoms with E-state index in [1.807, 2.05) is 26.0 Å². The first-order chi connectivity index (χ1) is 26.3. The molecule has 0 amide bonds. The van der Waals surface area contributed by atoms with Gasteiger partial charge in [0, 0.05) is 30.0 Å². The fourth-order valence-electron chi connectivity index (χ4n) is 5.80. The van der Waals surface area contributed by atoms with E-state index in [4.69, 9.17) is 33.2 Å². The lowest BCUT2D eigenvalue weighted by Crippen LogP contribution is -2.05. The maximum atomic E-state index is 12.7. The Morgan fingerprint density at radius 2 is 1.02 bits per heavy atom. The molecule has 298 valence electrons. The van der Waals surface area contributed by atoms with Crippen molar-refractivity contribution in [2.45, 2.75) is 52.4 Å². The van der Waals surface area contributed by atoms with E-state index in [-0.39, 0.29) is 58.5 Å². The van der Waals surface area contributed by atoms with Crippen molar-refractivity contribution in [1.29, 1.82) is 0 Å². The summed E-state index contributed by atoms with van der Waals surface area (Å²) >= 11 is 0. The van der Waals surface area contributed by atoms with Gasteiger partial charge in [-0.25, -0.2) is 0 Å². The monoisotopic (exact) mass is 764 g/mol. The van der Waals surface area contributed by atoms with E-state index >= 15 is 0 Å². The fourth-order valence-corrected chi connectivity index (χ4v) is 5.80. The minimum absolute atomic E-state index is 0.00734. The highest BCUT2D eigenvalue weighted by atomic mass is 16.5. The summed E-state index contributed by atoms with van der Waals surface area (Å²) in [5.41, 5.74) is 2.25. The second-order valence-corrected chi connectivity index (χ2v) is 12.8. The van der Waals surface area contributed by atoms with Crippen LogP contribution in [0.2, 0.25) is 0 Å². The molecule has 0 atom stereocenters. The quantitative estimate of drug-likeness (QED) is 0.0734. The van der Waals surface area contributed by atoms with Crippen molar-refractivity contribution in [2.24, 2.45) is 5.92 Å². The maximum Gasteiger partial charge on any atom is 0.203 e. The van der Waals surface area contributed by atoms with Crippen LogP contribution in [0.5, 0.6) is 63.2 Å². The molecule has 0 aliphatic rings. The molecule has 4 aromatic rings. The molecular weight excluding hydrogens is 712 g/mol. The first-order valence-corrected chi connectivity index (χ1v) is 17.5. The number of methoxy groups -OCH3 is 7. The molecule has 13 nitrogen and oxygen atoms in total. The van der Waals surface area contributed by atoms with Gasteiger partial charge in [-0.05, 0) is 85.2 Å². The number of benzene rings is 4. The van der Waals surface area contributed by atoms with Gasteiger partial charge >= 0.3 is 0 Å². The molecule has 4 rings (SSSR count). The van der Waals surface area contributed by atoms with Crippen LogP contribution in [0.15, 0.2) is 48.5 Å². The number of carbonyl (C=O) groups is 2. The molecule has 0 saturated carbocycles. The van der Waals surface area contributed by atoms with Gasteiger partial charge in [0.05, 0.1) is 49.8 Å². The summed E-state index contributed by atoms with van der Waals surface area (Å²) < 4.78 is 36.7. The normalized spacial score (nSPS) is 10.6. The van der Waals surface area contributed by atoms with Crippen LogP contribution in [0.25, 0.3) is 0 Å². The largest absolute Gasteiger partial charge is 0.507 e. The summed E-state index contributed by atoms with van der Waals surface area (Å²) in [5, 5.41) is 40.7. The first kappa shape index (κ1) is 43.4. The van der Waals surface area contributed by atoms with Crippen molar-refractivity contribution >= 4 is 11.6 Å². The molecule has 0 heterocycles. The van der Waals surface area contributed by atoms with Crippen LogP contribution in [0.3, 0.4) is 0 Å². The summed E-state index contributed by atoms with van der Waals surface area (Å²) in [6, 6.07) is 13.1. The first-order valence-electron chi connectivity index (χ1n) is 17.5. The fraction of sp³-hybridized carbons (Fsp3) is 0.381. The Hall–Kier alpha value is -5.98. The smallest absolute Gasteiger partial charge is 0.203 e. The Balaban J connectivity index is 0.000000297. The molecule has 13 heteroatoms. The number of hydrogen-bond donors (Lipinski definition) is 4. The Labute approximate surface area is 321 Å². The second-order valence-electron chi connectivity index (χ2n) is 12.8. The van der Waals surface area contributed by atoms with E-state index in [9.17, 15) is 30.0 Å². The summed E-state index contributed by atoms with van der Waals surface area (Å²) in [5.74, 6) is 1.94. The number of hydrogen-bond acceptors (Lipinski definition) is 13. The van der Waals surface area contributed by atoms with Crippen LogP contribution < -0.4 is 33.2 Å². The van der Waals surface area contributed by atoms with E-state index < -0.39 is 11.5 Å². The van der Waals surface area contributed by atoms with Gasteiger partial charge in [0.2, 0.25) is 11.5 Å². The highest BCUT2D eigenvalue weighted by Gasteiger charge is 2.23. The molecule has 0 fully saturated rings. The molecule has 0 aromatic heterocycles. The van der Waals surface area contributed by atoms with Crippen molar-refractivity contribution in [1.82, 2.24) is 0 Å². The Morgan fingerprint density at radius 1 is 0.527 bits per heavy atom. The van der Waals surface area contributed by atoms with Gasteiger partial charge < -0.3 is 53.6 Å². The number of aromatic hydroxyl groups is 4. The highest BCUT2D eigenvalue weighted by Crippen LogP contribution is 2.41. The summed E-state index contributed by atoms with van der Waals surface area (Å²) in [4.78, 5) is 25.3. The molecule has 0 aliphatic heterocycles. The molecule has 0 unspecified atom stereocenters. The zero-order chi connectivity index (χ0) is 40.8. The van der Waals surface area contributed by atoms with Crippen LogP contribution in [0, 0.1) is 5.92 Å². The van der Waals surface area contributed by atoms with E-state index in [2.05, 4.69) is 0 Å². The molecule has 0 radical (unpaired) electrons. The summed E-state index contributed by atoms with van der Waals surface area (Å²) in [6.07, 6.45) is 2.26. The summed E-state index contributed by atoms with van der Waals surface area (Å²) in [6.45, 7) is 4.03. The van der Waals surface area contributed by atoms with Crippen molar-refractivity contribution in [3.63, 3.8) is 0 Å². The SMILES string of the molecule is COc1cc(CCC(=O)c2c(O)cc(O)c(CCC(C)C)c2O)cc(OC)c1O.COc1ccc(C(=O)CCc2cc(OC)c(OC)c(OC)c2)cc1OC. The van der Waals surface area contributed by atoms with E-state index in [1.54, 1.807) is 65.9 Å². The number of aryl methyl sites for hydroxylation is 2. The molecule has 0 bridgehead atoms. The van der Waals surface area contributed by atoms with Gasteiger partial charge in [-0.3, -0.25) is 9.59 Å². The highest BCUT2D eigenvalue weighted by molar-refractivity contribution is 6.02. The van der Waals surface area contributed by atoms with Crippen LogP contribution in [0.4, 0.5) is 0 Å². The third-order valence-electron chi connectivity index (χ3n) is 8.86. The predicted molar refractivity (Wildman–Crippen MR) is 207 cm³/mol. The Bertz CT molecular complexity index is 1880. The van der Waals surface area contributed by atoms with Crippen molar-refractivity contribution in [3.05, 3.63) is 76.3 Å². The maximum absolute atomic E-state index is 12.7. The van der Waals surface area contributed by atoms with Gasteiger partial charge in [0.15, 0.2) is 46.1 Å². The van der Waals surface area contributed by atoms with Gasteiger partial charge in [-0.1, -0.05) is 13.8 Å². The number of ether oxygens (including phenoxy) is 7. The average Bonchev–Trinajstić information content (AvgIpc) is 3.18. The summed E-state index contributed by atoms with van der Waals surface area (Å²) in [7, 11) is 10.6. The van der Waals surface area contributed by atoms with Crippen LogP contribution in [-0.2, 0) is 19.3 Å². The number of phenolic OH excluding ortho intramolecular Hbond substituents is 4. The predicted octanol–water partition coefficient (Wildman–Crippen LogP) is 7.48. The molecule has 0 saturated heterocycles. The van der Waals surface area contributed by atoms with Gasteiger partial charge in [-0.2, -0.15) is 0 Å². The standard InChI is InChI=1S/C22H28O7.C20H24O6/c1-12(2)5-7-14-16(24)11-17(25)20(21(14)26)15(23)8-6-13-9-18(28-3)22(27)19(10-13)29-4;1-22-16-9-7-14(12-17(16)23-2)15(21)8-6-13-10-18(24-3)20(26-5)19(11-13)25-4/h9-12,24-27H,5-8H2,1-4H3;7,9-12H,6,8H2,1-5H3. The zero-order valence-electron chi connectivity index (χ0n) is 32.9. The van der Waals surface area contributed by atoms with Gasteiger partial charge in [0.1, 0.15) is 22.8 Å². The van der Waals surface area contributed by atoms with Gasteiger partial charge in [-0.15, -0.1) is 0 Å². The minimum atomic E-state index is -0.461. The zero-order valence-corrected chi connectivity index (χ0v) is 32.9. The molecule has 4 aromatic carbocycles. The number of carbonyl (C=O) groups excluding carboxylic acids is 2. The van der Waals surface area contributed by atoms with E-state index in [0.717, 1.165) is 11.6 Å². The third-order valence-corrected chi connectivity index (χ3v) is 8.86. The van der Waals surface area contributed by atoms with E-state index in [0.29, 0.717) is 71.5 Å². The molecule has 55 heavy (non-hydrogen) atoms. The topological polar surface area (TPSA) is 180 Å². The van der Waals surface area contributed by atoms with Crippen molar-refractivity contribution in [2.75, 3.05) is 49.8 Å². The Kier molecular flexibility index (Phi) is 16.2. The van der Waals surface area contributed by atoms with Crippen LogP contribution in [-0.4, -0.2) is 81.8 Å². The number of phenols is 4. The van der Waals surface area contributed by atoms with Gasteiger partial charge in [0.25, 0.3) is 0 Å². The molecule has 4 N–H and O–H groups in total. The Morgan fingerprint density at radius 3 is 1.49 bits per heavy atom. The number of Topliss-reactive ketones (excluding diaryl/α,β-unsaturated/α-hetero) is 2. The lowest BCUT2D eigenvalue weighted by molar-refractivity contribution is 0.0971. The lowest BCUT2D eigenvalue weighted by Gasteiger charge is -2.14. The molecule has 0 spiro atoms. The van der Waals surface area contributed by atoms with Crippen molar-refractivity contribution in [3.8, 4) is 63.2 Å². The number of ketones is 2. The van der Waals surface area contributed by atoms with Crippen LogP contribution in [0.1, 0.15) is 70.5 Å². The third kappa shape index (κ3) is 11.0. The second kappa shape index (κ2) is 20.5. The lowest BCUT2D eigenvalue weighted by atomic mass is 9.94. The minimum Gasteiger partial charge on any atom is -0.507 e. The van der Waals surface area contributed by atoms with Crippen molar-refractivity contribution < 1.29 is 63.2 Å². The van der Waals surface area contributed by atoms with Crippen LogP contribution >= 0.6 is 0 Å². The van der Waals surface area contributed by atoms with E-state index in [1.165, 1.54) is 14.2 Å². The number of rotatable bonds is 18.